The van der Waals surface area contributed by atoms with E-state index in [1.807, 2.05) is 18.4 Å². The van der Waals surface area contributed by atoms with Crippen LogP contribution in [0.3, 0.4) is 0 Å². The molecule has 0 amide bonds. The fourth-order valence-electron chi connectivity index (χ4n) is 3.82. The number of nitrogens with two attached hydrogens (primary N) is 1. The van der Waals surface area contributed by atoms with Crippen LogP contribution < -0.4 is 5.73 Å². The van der Waals surface area contributed by atoms with Crippen molar-refractivity contribution in [3.8, 4) is 0 Å². The van der Waals surface area contributed by atoms with Gasteiger partial charge < -0.3 is 10.3 Å². The van der Waals surface area contributed by atoms with Gasteiger partial charge in [-0.25, -0.2) is 8.42 Å². The molecule has 5 nitrogen and oxygen atoms in total. The van der Waals surface area contributed by atoms with E-state index in [9.17, 15) is 8.42 Å². The molecule has 0 bridgehead atoms. The summed E-state index contributed by atoms with van der Waals surface area (Å²) < 4.78 is 29.3. The number of nitrogens with zero attached hydrogens (tertiary/aromatic N) is 2. The maximum atomic E-state index is 12.8. The summed E-state index contributed by atoms with van der Waals surface area (Å²) in [6.45, 7) is 5.82. The number of rotatable bonds is 4. The van der Waals surface area contributed by atoms with E-state index in [4.69, 9.17) is 5.73 Å². The van der Waals surface area contributed by atoms with E-state index in [2.05, 4.69) is 0 Å². The Morgan fingerprint density at radius 1 is 1.29 bits per heavy atom. The molecule has 2 atom stereocenters. The molecule has 2 fully saturated rings. The zero-order chi connectivity index (χ0) is 15.2. The first-order valence-electron chi connectivity index (χ1n) is 7.84. The number of sulfonamides is 1. The second-order valence-corrected chi connectivity index (χ2v) is 8.58. The molecule has 3 rings (SSSR count). The van der Waals surface area contributed by atoms with Crippen LogP contribution in [0.4, 0.5) is 0 Å². The van der Waals surface area contributed by atoms with Crippen molar-refractivity contribution in [2.24, 2.45) is 17.6 Å². The highest BCUT2D eigenvalue weighted by Gasteiger charge is 2.41. The molecule has 2 N–H and O–H groups in total. The smallest absolute Gasteiger partial charge is 0.244 e. The van der Waals surface area contributed by atoms with Gasteiger partial charge in [-0.1, -0.05) is 6.42 Å². The van der Waals surface area contributed by atoms with E-state index in [1.165, 1.54) is 19.3 Å². The first-order valence-corrected chi connectivity index (χ1v) is 9.28. The summed E-state index contributed by atoms with van der Waals surface area (Å²) in [5.74, 6) is 1.14. The summed E-state index contributed by atoms with van der Waals surface area (Å²) >= 11 is 0. The molecule has 0 aromatic carbocycles. The van der Waals surface area contributed by atoms with Crippen molar-refractivity contribution in [1.29, 1.82) is 0 Å². The summed E-state index contributed by atoms with van der Waals surface area (Å²) in [7, 11) is -3.37. The molecule has 2 unspecified atom stereocenters. The quantitative estimate of drug-likeness (QED) is 0.924. The number of aromatic nitrogens is 1. The van der Waals surface area contributed by atoms with Gasteiger partial charge in [0.05, 0.1) is 0 Å². The maximum Gasteiger partial charge on any atom is 0.244 e. The molecular weight excluding hydrogens is 286 g/mol. The van der Waals surface area contributed by atoms with E-state index in [0.29, 0.717) is 36.4 Å². The van der Waals surface area contributed by atoms with Gasteiger partial charge in [-0.2, -0.15) is 4.31 Å². The third-order valence-corrected chi connectivity index (χ3v) is 6.80. The van der Waals surface area contributed by atoms with Gasteiger partial charge in [0.25, 0.3) is 0 Å². The predicted molar refractivity (Wildman–Crippen MR) is 82.3 cm³/mol. The lowest BCUT2D eigenvalue weighted by atomic mass is 10.0. The molecule has 1 aromatic rings. The molecule has 21 heavy (non-hydrogen) atoms. The lowest BCUT2D eigenvalue weighted by Gasteiger charge is -2.16. The highest BCUT2D eigenvalue weighted by molar-refractivity contribution is 7.89. The average molecular weight is 311 g/mol. The van der Waals surface area contributed by atoms with Crippen LogP contribution in [-0.4, -0.2) is 30.4 Å². The second kappa shape index (κ2) is 5.41. The van der Waals surface area contributed by atoms with Crippen LogP contribution in [0.15, 0.2) is 17.2 Å². The minimum atomic E-state index is -3.37. The Balaban J connectivity index is 1.88. The van der Waals surface area contributed by atoms with Gasteiger partial charge in [0.15, 0.2) is 0 Å². The van der Waals surface area contributed by atoms with Crippen LogP contribution in [0.1, 0.15) is 44.8 Å². The molecule has 2 aliphatic rings. The minimum Gasteiger partial charge on any atom is -0.346 e. The zero-order valence-electron chi connectivity index (χ0n) is 12.8. The second-order valence-electron chi connectivity index (χ2n) is 6.65. The fraction of sp³-hybridized carbons (Fsp3) is 0.733. The molecule has 0 spiro atoms. The van der Waals surface area contributed by atoms with E-state index >= 15 is 0 Å². The highest BCUT2D eigenvalue weighted by atomic mass is 32.2. The normalized spacial score (nSPS) is 26.7. The summed E-state index contributed by atoms with van der Waals surface area (Å²) in [6, 6.07) is 1.95. The van der Waals surface area contributed by atoms with E-state index in [1.54, 1.807) is 16.6 Å². The fourth-order valence-corrected chi connectivity index (χ4v) is 5.42. The Morgan fingerprint density at radius 2 is 1.90 bits per heavy atom. The lowest BCUT2D eigenvalue weighted by molar-refractivity contribution is 0.445. The third kappa shape index (κ3) is 2.53. The maximum absolute atomic E-state index is 12.8. The monoisotopic (exact) mass is 311 g/mol. The van der Waals surface area contributed by atoms with E-state index < -0.39 is 10.0 Å². The first-order chi connectivity index (χ1) is 9.93. The Bertz CT molecular complexity index is 609. The molecular formula is C15H25N3O2S. The van der Waals surface area contributed by atoms with Gasteiger partial charge >= 0.3 is 0 Å². The number of hydrogen-bond donors (Lipinski definition) is 1. The van der Waals surface area contributed by atoms with Crippen LogP contribution in [0.2, 0.25) is 0 Å². The van der Waals surface area contributed by atoms with Gasteiger partial charge in [0.1, 0.15) is 4.90 Å². The van der Waals surface area contributed by atoms with Crippen molar-refractivity contribution in [3.63, 3.8) is 0 Å². The molecule has 2 heterocycles. The molecule has 6 heteroatoms. The molecule has 1 aliphatic carbocycles. The standard InChI is InChI=1S/C15H25N3O2S/c1-11(2)18-10-15(6-14(18)7-16)21(19,20)17-8-12-4-3-5-13(12)9-17/h6,10-13H,3-5,7-9,16H2,1-2H3. The van der Waals surface area contributed by atoms with E-state index in [-0.39, 0.29) is 6.04 Å². The van der Waals surface area contributed by atoms with Gasteiger partial charge in [-0.05, 0) is 44.6 Å². The minimum absolute atomic E-state index is 0.213. The molecule has 118 valence electrons. The summed E-state index contributed by atoms with van der Waals surface area (Å²) in [4.78, 5) is 0.400. The molecule has 1 saturated carbocycles. The Kier molecular flexibility index (Phi) is 3.88. The van der Waals surface area contributed by atoms with Crippen LogP contribution in [0, 0.1) is 11.8 Å². The summed E-state index contributed by atoms with van der Waals surface area (Å²) in [6.07, 6.45) is 5.36. The number of fused-ring (bicyclic) bond motifs is 1. The number of hydrogen-bond acceptors (Lipinski definition) is 3. The van der Waals surface area contributed by atoms with Crippen molar-refractivity contribution >= 4 is 10.0 Å². The first kappa shape index (κ1) is 15.1. The molecule has 0 radical (unpaired) electrons. The zero-order valence-corrected chi connectivity index (χ0v) is 13.6. The summed E-state index contributed by atoms with van der Waals surface area (Å²) in [5.41, 5.74) is 6.62. The van der Waals surface area contributed by atoms with Gasteiger partial charge in [-0.3, -0.25) is 0 Å². The SMILES string of the molecule is CC(C)n1cc(S(=O)(=O)N2CC3CCCC3C2)cc1CN. The van der Waals surface area contributed by atoms with Crippen molar-refractivity contribution in [2.45, 2.75) is 50.6 Å². The lowest BCUT2D eigenvalue weighted by Crippen LogP contribution is -2.29. The predicted octanol–water partition coefficient (Wildman–Crippen LogP) is 1.95. The van der Waals surface area contributed by atoms with Crippen molar-refractivity contribution in [2.75, 3.05) is 13.1 Å². The van der Waals surface area contributed by atoms with Crippen molar-refractivity contribution in [1.82, 2.24) is 8.87 Å². The van der Waals surface area contributed by atoms with Gasteiger partial charge in [0, 0.05) is 37.6 Å². The van der Waals surface area contributed by atoms with Crippen LogP contribution in [-0.2, 0) is 16.6 Å². The summed E-state index contributed by atoms with van der Waals surface area (Å²) in [5, 5.41) is 0. The van der Waals surface area contributed by atoms with Gasteiger partial charge in [0.2, 0.25) is 10.0 Å². The average Bonchev–Trinajstić information content (AvgIpc) is 3.11. The van der Waals surface area contributed by atoms with Crippen LogP contribution in [0.5, 0.6) is 0 Å². The van der Waals surface area contributed by atoms with Crippen molar-refractivity contribution < 1.29 is 8.42 Å². The van der Waals surface area contributed by atoms with Crippen LogP contribution in [0.25, 0.3) is 0 Å². The largest absolute Gasteiger partial charge is 0.346 e. The molecule has 1 saturated heterocycles. The highest BCUT2D eigenvalue weighted by Crippen LogP contribution is 2.40. The molecule has 1 aliphatic heterocycles. The molecule has 1 aromatic heterocycles. The Morgan fingerprint density at radius 3 is 2.38 bits per heavy atom. The van der Waals surface area contributed by atoms with Gasteiger partial charge in [-0.15, -0.1) is 0 Å². The van der Waals surface area contributed by atoms with Crippen molar-refractivity contribution in [3.05, 3.63) is 18.0 Å². The Hall–Kier alpha value is -0.850. The topological polar surface area (TPSA) is 68.3 Å². The van der Waals surface area contributed by atoms with Crippen LogP contribution >= 0.6 is 0 Å². The van der Waals surface area contributed by atoms with E-state index in [0.717, 1.165) is 5.69 Å². The Labute approximate surface area is 127 Å². The third-order valence-electron chi connectivity index (χ3n) is 5.00.